The van der Waals surface area contributed by atoms with Crippen LogP contribution in [0.5, 0.6) is 5.75 Å². The van der Waals surface area contributed by atoms with Crippen molar-refractivity contribution in [3.05, 3.63) is 50.1 Å². The van der Waals surface area contributed by atoms with E-state index in [9.17, 15) is 9.90 Å². The van der Waals surface area contributed by atoms with Crippen LogP contribution in [0.1, 0.15) is 10.4 Å². The molecule has 2 N–H and O–H groups in total. The average Bonchev–Trinajstić information content (AvgIpc) is 2.35. The number of rotatable bonds is 2. The molecule has 0 saturated heterocycles. The molecular weight excluding hydrogens is 411 g/mol. The summed E-state index contributed by atoms with van der Waals surface area (Å²) in [4.78, 5) is 16.0. The normalized spacial score (nSPS) is 10.1. The minimum atomic E-state index is -0.313. The molecule has 92 valence electrons. The van der Waals surface area contributed by atoms with Crippen molar-refractivity contribution >= 4 is 50.2 Å². The first-order valence-corrected chi connectivity index (χ1v) is 6.85. The van der Waals surface area contributed by atoms with Crippen LogP contribution in [0.15, 0.2) is 41.0 Å². The maximum atomic E-state index is 11.9. The molecule has 0 bridgehead atoms. The van der Waals surface area contributed by atoms with E-state index in [1.165, 1.54) is 6.07 Å². The zero-order chi connectivity index (χ0) is 13.1. The number of hydrogen-bond acceptors (Lipinski definition) is 3. The van der Waals surface area contributed by atoms with Crippen LogP contribution in [0, 0.1) is 3.57 Å². The van der Waals surface area contributed by atoms with Crippen molar-refractivity contribution in [2.24, 2.45) is 0 Å². The molecule has 0 fully saturated rings. The van der Waals surface area contributed by atoms with E-state index in [0.717, 1.165) is 3.57 Å². The molecule has 0 unspecified atom stereocenters. The standard InChI is InChI=1S/C12H8BrIN2O2/c13-9-3-1-7(5-10(9)17)12(18)16-11-4-2-8(14)6-15-11/h1-6,17H,(H,15,16,18). The van der Waals surface area contributed by atoms with Crippen LogP contribution in [0.4, 0.5) is 5.82 Å². The monoisotopic (exact) mass is 418 g/mol. The van der Waals surface area contributed by atoms with Crippen molar-refractivity contribution < 1.29 is 9.90 Å². The van der Waals surface area contributed by atoms with Crippen molar-refractivity contribution in [2.45, 2.75) is 0 Å². The number of phenols is 1. The lowest BCUT2D eigenvalue weighted by molar-refractivity contribution is 0.102. The first kappa shape index (κ1) is 13.3. The number of aromatic hydroxyl groups is 1. The summed E-state index contributed by atoms with van der Waals surface area (Å²) >= 11 is 5.29. The molecule has 6 heteroatoms. The SMILES string of the molecule is O=C(Nc1ccc(I)cn1)c1ccc(Br)c(O)c1. The van der Waals surface area contributed by atoms with E-state index in [0.29, 0.717) is 15.9 Å². The summed E-state index contributed by atoms with van der Waals surface area (Å²) in [6.07, 6.45) is 1.66. The van der Waals surface area contributed by atoms with Gasteiger partial charge >= 0.3 is 0 Å². The molecule has 0 aliphatic carbocycles. The summed E-state index contributed by atoms with van der Waals surface area (Å²) in [5, 5.41) is 12.2. The molecule has 18 heavy (non-hydrogen) atoms. The van der Waals surface area contributed by atoms with E-state index in [2.05, 4.69) is 48.8 Å². The number of benzene rings is 1. The second kappa shape index (κ2) is 5.66. The van der Waals surface area contributed by atoms with Gasteiger partial charge in [0.15, 0.2) is 0 Å². The zero-order valence-electron chi connectivity index (χ0n) is 9.02. The Balaban J connectivity index is 2.16. The summed E-state index contributed by atoms with van der Waals surface area (Å²) in [6, 6.07) is 8.20. The smallest absolute Gasteiger partial charge is 0.256 e. The number of nitrogens with one attached hydrogen (secondary N) is 1. The predicted octanol–water partition coefficient (Wildman–Crippen LogP) is 3.41. The molecule has 0 aliphatic rings. The number of carbonyl (C=O) groups excluding carboxylic acids is 1. The van der Waals surface area contributed by atoms with Gasteiger partial charge in [-0.2, -0.15) is 0 Å². The molecule has 0 radical (unpaired) electrons. The lowest BCUT2D eigenvalue weighted by Gasteiger charge is -2.05. The Hall–Kier alpha value is -1.15. The molecule has 0 saturated carbocycles. The number of aromatic nitrogens is 1. The third kappa shape index (κ3) is 3.20. The van der Waals surface area contributed by atoms with Gasteiger partial charge in [-0.1, -0.05) is 0 Å². The van der Waals surface area contributed by atoms with Gasteiger partial charge in [0.05, 0.1) is 4.47 Å². The van der Waals surface area contributed by atoms with Crippen LogP contribution in [-0.4, -0.2) is 16.0 Å². The third-order valence-electron chi connectivity index (χ3n) is 2.18. The number of nitrogens with zero attached hydrogens (tertiary/aromatic N) is 1. The van der Waals surface area contributed by atoms with Crippen LogP contribution >= 0.6 is 38.5 Å². The van der Waals surface area contributed by atoms with Crippen LogP contribution in [0.3, 0.4) is 0 Å². The Morgan fingerprint density at radius 1 is 1.33 bits per heavy atom. The summed E-state index contributed by atoms with van der Waals surface area (Å²) in [7, 11) is 0. The number of amides is 1. The summed E-state index contributed by atoms with van der Waals surface area (Å²) in [5.41, 5.74) is 0.371. The quantitative estimate of drug-likeness (QED) is 0.734. The third-order valence-corrected chi connectivity index (χ3v) is 3.49. The van der Waals surface area contributed by atoms with Gasteiger partial charge in [0.1, 0.15) is 11.6 Å². The number of hydrogen-bond donors (Lipinski definition) is 2. The molecule has 1 aromatic heterocycles. The van der Waals surface area contributed by atoms with Crippen LogP contribution < -0.4 is 5.32 Å². The van der Waals surface area contributed by atoms with Crippen molar-refractivity contribution in [1.29, 1.82) is 0 Å². The van der Waals surface area contributed by atoms with Gasteiger partial charge in [0, 0.05) is 15.3 Å². The molecule has 0 spiro atoms. The number of halogens is 2. The van der Waals surface area contributed by atoms with Gasteiger partial charge in [0.25, 0.3) is 5.91 Å². The topological polar surface area (TPSA) is 62.2 Å². The second-order valence-electron chi connectivity index (χ2n) is 3.48. The zero-order valence-corrected chi connectivity index (χ0v) is 12.8. The maximum absolute atomic E-state index is 11.9. The van der Waals surface area contributed by atoms with E-state index in [4.69, 9.17) is 0 Å². The Morgan fingerprint density at radius 3 is 2.72 bits per heavy atom. The minimum Gasteiger partial charge on any atom is -0.507 e. The van der Waals surface area contributed by atoms with Crippen molar-refractivity contribution in [2.75, 3.05) is 5.32 Å². The Bertz CT molecular complexity index is 587. The fourth-order valence-corrected chi connectivity index (χ4v) is 1.86. The highest BCUT2D eigenvalue weighted by Gasteiger charge is 2.09. The van der Waals surface area contributed by atoms with Crippen LogP contribution in [0.25, 0.3) is 0 Å². The Kier molecular flexibility index (Phi) is 4.18. The molecule has 1 aromatic carbocycles. The van der Waals surface area contributed by atoms with E-state index in [1.54, 1.807) is 24.4 Å². The fourth-order valence-electron chi connectivity index (χ4n) is 1.29. The molecule has 1 heterocycles. The van der Waals surface area contributed by atoms with E-state index in [-0.39, 0.29) is 11.7 Å². The molecule has 0 atom stereocenters. The Morgan fingerprint density at radius 2 is 2.11 bits per heavy atom. The fraction of sp³-hybridized carbons (Fsp3) is 0. The number of phenolic OH excluding ortho intramolecular Hbond substituents is 1. The predicted molar refractivity (Wildman–Crippen MR) is 80.7 cm³/mol. The highest BCUT2D eigenvalue weighted by atomic mass is 127. The molecule has 2 rings (SSSR count). The van der Waals surface area contributed by atoms with Crippen molar-refractivity contribution in [3.63, 3.8) is 0 Å². The van der Waals surface area contributed by atoms with Crippen molar-refractivity contribution in [3.8, 4) is 5.75 Å². The van der Waals surface area contributed by atoms with E-state index >= 15 is 0 Å². The maximum Gasteiger partial charge on any atom is 0.256 e. The van der Waals surface area contributed by atoms with Gasteiger partial charge in [0.2, 0.25) is 0 Å². The largest absolute Gasteiger partial charge is 0.507 e. The van der Waals surface area contributed by atoms with Gasteiger partial charge in [-0.25, -0.2) is 4.98 Å². The molecule has 1 amide bonds. The van der Waals surface area contributed by atoms with E-state index < -0.39 is 0 Å². The highest BCUT2D eigenvalue weighted by Crippen LogP contribution is 2.24. The van der Waals surface area contributed by atoms with Crippen LogP contribution in [0.2, 0.25) is 0 Å². The number of pyridine rings is 1. The summed E-state index contributed by atoms with van der Waals surface area (Å²) in [6.45, 7) is 0. The molecule has 4 nitrogen and oxygen atoms in total. The van der Waals surface area contributed by atoms with Crippen LogP contribution in [-0.2, 0) is 0 Å². The highest BCUT2D eigenvalue weighted by molar-refractivity contribution is 14.1. The second-order valence-corrected chi connectivity index (χ2v) is 5.58. The van der Waals surface area contributed by atoms with E-state index in [1.807, 2.05) is 6.07 Å². The minimum absolute atomic E-state index is 0.0261. The number of carbonyl (C=O) groups is 1. The molecule has 2 aromatic rings. The van der Waals surface area contributed by atoms with Gasteiger partial charge < -0.3 is 10.4 Å². The summed E-state index contributed by atoms with van der Waals surface area (Å²) < 4.78 is 1.54. The summed E-state index contributed by atoms with van der Waals surface area (Å²) in [5.74, 6) is 0.188. The molecule has 0 aliphatic heterocycles. The lowest BCUT2D eigenvalue weighted by Crippen LogP contribution is -2.12. The number of anilines is 1. The average molecular weight is 419 g/mol. The van der Waals surface area contributed by atoms with Gasteiger partial charge in [-0.15, -0.1) is 0 Å². The Labute approximate surface area is 126 Å². The van der Waals surface area contributed by atoms with Crippen molar-refractivity contribution in [1.82, 2.24) is 4.98 Å². The van der Waals surface area contributed by atoms with Gasteiger partial charge in [-0.05, 0) is 68.9 Å². The first-order valence-electron chi connectivity index (χ1n) is 4.97. The van der Waals surface area contributed by atoms with Gasteiger partial charge in [-0.3, -0.25) is 4.79 Å². The lowest BCUT2D eigenvalue weighted by atomic mass is 10.2. The first-order chi connectivity index (χ1) is 8.56. The molecular formula is C12H8BrIN2O2.